The van der Waals surface area contributed by atoms with Crippen LogP contribution in [-0.4, -0.2) is 31.3 Å². The monoisotopic (exact) mass is 330 g/mol. The number of hydrogen-bond acceptors (Lipinski definition) is 7. The van der Waals surface area contributed by atoms with Gasteiger partial charge in [-0.15, -0.1) is 0 Å². The lowest BCUT2D eigenvalue weighted by Crippen LogP contribution is -2.01. The van der Waals surface area contributed by atoms with E-state index in [0.29, 0.717) is 28.6 Å². The number of methoxy groups -OCH3 is 3. The molecule has 1 aromatic heterocycles. The van der Waals surface area contributed by atoms with E-state index in [1.54, 1.807) is 27.5 Å². The minimum atomic E-state index is 0.0793. The van der Waals surface area contributed by atoms with Gasteiger partial charge in [-0.1, -0.05) is 19.1 Å². The molecule has 1 heterocycles. The first-order chi connectivity index (χ1) is 11.5. The predicted octanol–water partition coefficient (Wildman–Crippen LogP) is 2.48. The van der Waals surface area contributed by atoms with Crippen molar-refractivity contribution in [3.8, 4) is 17.2 Å². The lowest BCUT2D eigenvalue weighted by atomic mass is 9.99. The first-order valence-corrected chi connectivity index (χ1v) is 7.36. The third kappa shape index (κ3) is 3.68. The van der Waals surface area contributed by atoms with Crippen LogP contribution >= 0.6 is 0 Å². The summed E-state index contributed by atoms with van der Waals surface area (Å²) in [6, 6.07) is 3.83. The van der Waals surface area contributed by atoms with Gasteiger partial charge in [-0.05, 0) is 23.6 Å². The van der Waals surface area contributed by atoms with E-state index in [1.807, 2.05) is 31.2 Å². The second-order valence-electron chi connectivity index (χ2n) is 5.18. The molecule has 1 aromatic carbocycles. The van der Waals surface area contributed by atoms with E-state index in [-0.39, 0.29) is 11.9 Å². The number of nitrogens with zero attached hydrogens (tertiary/aromatic N) is 2. The molecule has 7 heteroatoms. The predicted molar refractivity (Wildman–Crippen MR) is 94.4 cm³/mol. The number of nitrogens with two attached hydrogens (primary N) is 2. The van der Waals surface area contributed by atoms with E-state index >= 15 is 0 Å². The van der Waals surface area contributed by atoms with Crippen LogP contribution in [0.25, 0.3) is 6.08 Å². The van der Waals surface area contributed by atoms with Crippen molar-refractivity contribution in [1.29, 1.82) is 0 Å². The van der Waals surface area contributed by atoms with Crippen molar-refractivity contribution < 1.29 is 14.2 Å². The van der Waals surface area contributed by atoms with Crippen LogP contribution in [0.5, 0.6) is 17.2 Å². The number of rotatable bonds is 6. The normalized spacial score (nSPS) is 12.2. The average Bonchev–Trinajstić information content (AvgIpc) is 2.59. The molecule has 128 valence electrons. The molecule has 1 unspecified atom stereocenters. The fourth-order valence-corrected chi connectivity index (χ4v) is 2.27. The summed E-state index contributed by atoms with van der Waals surface area (Å²) in [5, 5.41) is 0. The molecule has 7 nitrogen and oxygen atoms in total. The molecule has 0 aliphatic heterocycles. The Bertz CT molecular complexity index is 722. The summed E-state index contributed by atoms with van der Waals surface area (Å²) in [5.41, 5.74) is 13.1. The topological polar surface area (TPSA) is 106 Å². The van der Waals surface area contributed by atoms with E-state index in [2.05, 4.69) is 9.97 Å². The molecular formula is C17H22N4O3. The Morgan fingerprint density at radius 2 is 1.67 bits per heavy atom. The lowest BCUT2D eigenvalue weighted by molar-refractivity contribution is 0.323. The van der Waals surface area contributed by atoms with Gasteiger partial charge in [0.15, 0.2) is 11.5 Å². The Balaban J connectivity index is 2.32. The van der Waals surface area contributed by atoms with Gasteiger partial charge in [0, 0.05) is 11.8 Å². The molecule has 0 aliphatic rings. The van der Waals surface area contributed by atoms with Gasteiger partial charge in [0.05, 0.1) is 21.3 Å². The van der Waals surface area contributed by atoms with Gasteiger partial charge in [-0.3, -0.25) is 0 Å². The SMILES string of the molecule is COc1cc(C(C)C=Cc2cnc(N)nc2N)cc(OC)c1OC. The largest absolute Gasteiger partial charge is 0.493 e. The maximum atomic E-state index is 5.84. The molecule has 0 bridgehead atoms. The molecule has 0 saturated carbocycles. The second kappa shape index (κ2) is 7.54. The van der Waals surface area contributed by atoms with E-state index < -0.39 is 0 Å². The van der Waals surface area contributed by atoms with Gasteiger partial charge in [0.2, 0.25) is 11.7 Å². The standard InChI is InChI=1S/C17H22N4O3/c1-10(5-6-11-9-20-17(19)21-16(11)18)12-7-13(22-2)15(24-4)14(8-12)23-3/h5-10H,1-4H3,(H4,18,19,20,21). The van der Waals surface area contributed by atoms with Crippen LogP contribution in [0, 0.1) is 0 Å². The Morgan fingerprint density at radius 3 is 2.17 bits per heavy atom. The molecule has 0 spiro atoms. The van der Waals surface area contributed by atoms with Crippen LogP contribution < -0.4 is 25.7 Å². The van der Waals surface area contributed by atoms with Crippen LogP contribution in [0.15, 0.2) is 24.4 Å². The maximum Gasteiger partial charge on any atom is 0.221 e. The summed E-state index contributed by atoms with van der Waals surface area (Å²) in [6.45, 7) is 2.05. The van der Waals surface area contributed by atoms with Crippen LogP contribution in [0.4, 0.5) is 11.8 Å². The number of anilines is 2. The van der Waals surface area contributed by atoms with Gasteiger partial charge in [-0.2, -0.15) is 4.98 Å². The molecule has 0 radical (unpaired) electrons. The molecule has 0 amide bonds. The quantitative estimate of drug-likeness (QED) is 0.838. The number of ether oxygens (including phenoxy) is 3. The number of hydrogen-bond donors (Lipinski definition) is 2. The average molecular weight is 330 g/mol. The first kappa shape index (κ1) is 17.4. The van der Waals surface area contributed by atoms with Crippen molar-refractivity contribution in [1.82, 2.24) is 9.97 Å². The number of benzene rings is 1. The van der Waals surface area contributed by atoms with E-state index in [0.717, 1.165) is 5.56 Å². The number of aromatic nitrogens is 2. The van der Waals surface area contributed by atoms with Crippen LogP contribution in [0.1, 0.15) is 24.0 Å². The molecule has 2 aromatic rings. The molecule has 24 heavy (non-hydrogen) atoms. The number of nitrogen functional groups attached to an aromatic ring is 2. The third-order valence-electron chi connectivity index (χ3n) is 3.64. The smallest absolute Gasteiger partial charge is 0.221 e. The highest BCUT2D eigenvalue weighted by Gasteiger charge is 2.15. The molecule has 0 saturated heterocycles. The minimum absolute atomic E-state index is 0.0793. The Kier molecular flexibility index (Phi) is 5.47. The first-order valence-electron chi connectivity index (χ1n) is 7.36. The van der Waals surface area contributed by atoms with Crippen molar-refractivity contribution in [2.45, 2.75) is 12.8 Å². The van der Waals surface area contributed by atoms with Gasteiger partial charge < -0.3 is 25.7 Å². The van der Waals surface area contributed by atoms with Crippen molar-refractivity contribution in [2.75, 3.05) is 32.8 Å². The Hall–Kier alpha value is -2.96. The lowest BCUT2D eigenvalue weighted by Gasteiger charge is -2.16. The summed E-state index contributed by atoms with van der Waals surface area (Å²) < 4.78 is 16.1. The zero-order valence-electron chi connectivity index (χ0n) is 14.2. The zero-order chi connectivity index (χ0) is 17.7. The zero-order valence-corrected chi connectivity index (χ0v) is 14.2. The van der Waals surface area contributed by atoms with Crippen molar-refractivity contribution >= 4 is 17.8 Å². The highest BCUT2D eigenvalue weighted by molar-refractivity contribution is 5.62. The molecule has 4 N–H and O–H groups in total. The van der Waals surface area contributed by atoms with Crippen LogP contribution in [-0.2, 0) is 0 Å². The van der Waals surface area contributed by atoms with Gasteiger partial charge in [0.25, 0.3) is 0 Å². The summed E-state index contributed by atoms with van der Waals surface area (Å²) in [4.78, 5) is 7.89. The highest BCUT2D eigenvalue weighted by atomic mass is 16.5. The summed E-state index contributed by atoms with van der Waals surface area (Å²) in [7, 11) is 4.76. The van der Waals surface area contributed by atoms with Crippen molar-refractivity contribution in [2.24, 2.45) is 0 Å². The second-order valence-corrected chi connectivity index (χ2v) is 5.18. The molecular weight excluding hydrogens is 308 g/mol. The van der Waals surface area contributed by atoms with Crippen LogP contribution in [0.3, 0.4) is 0 Å². The summed E-state index contributed by atoms with van der Waals surface area (Å²) >= 11 is 0. The van der Waals surface area contributed by atoms with E-state index in [1.165, 1.54) is 0 Å². The Morgan fingerprint density at radius 1 is 1.04 bits per heavy atom. The fourth-order valence-electron chi connectivity index (χ4n) is 2.27. The third-order valence-corrected chi connectivity index (χ3v) is 3.64. The molecule has 2 rings (SSSR count). The van der Waals surface area contributed by atoms with Crippen LogP contribution in [0.2, 0.25) is 0 Å². The Labute approximate surface area is 141 Å². The molecule has 1 atom stereocenters. The van der Waals surface area contributed by atoms with Gasteiger partial charge in [-0.25, -0.2) is 4.98 Å². The minimum Gasteiger partial charge on any atom is -0.493 e. The molecule has 0 aliphatic carbocycles. The van der Waals surface area contributed by atoms with Gasteiger partial charge >= 0.3 is 0 Å². The fraction of sp³-hybridized carbons (Fsp3) is 0.294. The van der Waals surface area contributed by atoms with E-state index in [4.69, 9.17) is 25.7 Å². The number of allylic oxidation sites excluding steroid dienone is 1. The highest BCUT2D eigenvalue weighted by Crippen LogP contribution is 2.40. The van der Waals surface area contributed by atoms with Gasteiger partial charge in [0.1, 0.15) is 5.82 Å². The van der Waals surface area contributed by atoms with Crippen molar-refractivity contribution in [3.63, 3.8) is 0 Å². The summed E-state index contributed by atoms with van der Waals surface area (Å²) in [5.74, 6) is 2.37. The molecule has 0 fully saturated rings. The maximum absolute atomic E-state index is 5.84. The summed E-state index contributed by atoms with van der Waals surface area (Å²) in [6.07, 6.45) is 5.45. The van der Waals surface area contributed by atoms with Crippen molar-refractivity contribution in [3.05, 3.63) is 35.5 Å². The van der Waals surface area contributed by atoms with E-state index in [9.17, 15) is 0 Å².